The minimum atomic E-state index is -3.12. The van der Waals surface area contributed by atoms with Gasteiger partial charge in [-0.25, -0.2) is 18.1 Å². The lowest BCUT2D eigenvalue weighted by molar-refractivity contribution is 0.588. The van der Waals surface area contributed by atoms with Gasteiger partial charge in [-0.05, 0) is 24.1 Å². The van der Waals surface area contributed by atoms with Crippen LogP contribution in [0.3, 0.4) is 0 Å². The maximum absolute atomic E-state index is 11.1. The standard InChI is InChI=1S/C17H18N2O2S3/c1-24(20,21)18-10-9-14-7-8-16(23-14)15-12-22-17(19-15)11-13-5-3-2-4-6-13/h2-8,12,18H,9-11H2,1H3. The van der Waals surface area contributed by atoms with E-state index in [1.165, 1.54) is 11.8 Å². The van der Waals surface area contributed by atoms with Gasteiger partial charge in [0.05, 0.1) is 21.8 Å². The van der Waals surface area contributed by atoms with E-state index >= 15 is 0 Å². The fourth-order valence-corrected chi connectivity index (χ4v) is 4.63. The summed E-state index contributed by atoms with van der Waals surface area (Å²) in [5.41, 5.74) is 2.26. The van der Waals surface area contributed by atoms with Crippen LogP contribution in [0.25, 0.3) is 10.6 Å². The Morgan fingerprint density at radius 1 is 1.12 bits per heavy atom. The zero-order valence-electron chi connectivity index (χ0n) is 13.2. The summed E-state index contributed by atoms with van der Waals surface area (Å²) >= 11 is 3.34. The number of aromatic nitrogens is 1. The van der Waals surface area contributed by atoms with Gasteiger partial charge in [0.2, 0.25) is 10.0 Å². The van der Waals surface area contributed by atoms with Gasteiger partial charge in [0.1, 0.15) is 0 Å². The van der Waals surface area contributed by atoms with E-state index in [1.54, 1.807) is 22.7 Å². The molecule has 0 aliphatic rings. The summed E-state index contributed by atoms with van der Waals surface area (Å²) in [4.78, 5) is 7.00. The quantitative estimate of drug-likeness (QED) is 0.684. The van der Waals surface area contributed by atoms with Gasteiger partial charge in [-0.1, -0.05) is 30.3 Å². The Balaban J connectivity index is 1.63. The number of benzene rings is 1. The molecular formula is C17H18N2O2S3. The number of thiazole rings is 1. The molecule has 126 valence electrons. The van der Waals surface area contributed by atoms with Crippen molar-refractivity contribution in [2.45, 2.75) is 12.8 Å². The highest BCUT2D eigenvalue weighted by atomic mass is 32.2. The summed E-state index contributed by atoms with van der Waals surface area (Å²) in [7, 11) is -3.12. The Labute approximate surface area is 150 Å². The van der Waals surface area contributed by atoms with Crippen LogP contribution in [0, 0.1) is 0 Å². The van der Waals surface area contributed by atoms with Crippen molar-refractivity contribution >= 4 is 32.7 Å². The third kappa shape index (κ3) is 4.98. The molecule has 0 spiro atoms. The van der Waals surface area contributed by atoms with Crippen LogP contribution in [0.4, 0.5) is 0 Å². The van der Waals surface area contributed by atoms with Crippen molar-refractivity contribution in [1.82, 2.24) is 9.71 Å². The number of hydrogen-bond acceptors (Lipinski definition) is 5. The number of nitrogens with one attached hydrogen (secondary N) is 1. The van der Waals surface area contributed by atoms with Gasteiger partial charge >= 0.3 is 0 Å². The molecule has 0 amide bonds. The minimum absolute atomic E-state index is 0.426. The lowest BCUT2D eigenvalue weighted by atomic mass is 10.2. The fraction of sp³-hybridized carbons (Fsp3) is 0.235. The molecule has 2 heterocycles. The van der Waals surface area contributed by atoms with Crippen LogP contribution in [0.2, 0.25) is 0 Å². The van der Waals surface area contributed by atoms with Gasteiger partial charge in [0, 0.05) is 23.2 Å². The molecule has 0 aliphatic carbocycles. The largest absolute Gasteiger partial charge is 0.240 e. The lowest BCUT2D eigenvalue weighted by Gasteiger charge is -1.99. The summed E-state index contributed by atoms with van der Waals surface area (Å²) in [6, 6.07) is 14.4. The Bertz CT molecular complexity index is 899. The SMILES string of the molecule is CS(=O)(=O)NCCc1ccc(-c2csc(Cc3ccccc3)n2)s1. The molecule has 3 aromatic rings. The topological polar surface area (TPSA) is 59.1 Å². The van der Waals surface area contributed by atoms with Gasteiger partial charge in [-0.3, -0.25) is 0 Å². The Kier molecular flexibility index (Phi) is 5.45. The van der Waals surface area contributed by atoms with Gasteiger partial charge in [0.15, 0.2) is 0 Å². The predicted octanol–water partition coefficient (Wildman–Crippen LogP) is 3.55. The third-order valence-electron chi connectivity index (χ3n) is 3.40. The molecule has 24 heavy (non-hydrogen) atoms. The zero-order chi connectivity index (χ0) is 17.0. The molecule has 0 fully saturated rings. The highest BCUT2D eigenvalue weighted by Crippen LogP contribution is 2.30. The fourth-order valence-electron chi connectivity index (χ4n) is 2.29. The second-order valence-corrected chi connectivity index (χ2v) is 9.42. The normalized spacial score (nSPS) is 11.7. The first-order chi connectivity index (χ1) is 11.5. The third-order valence-corrected chi connectivity index (χ3v) is 6.14. The van der Waals surface area contributed by atoms with E-state index in [9.17, 15) is 8.42 Å². The van der Waals surface area contributed by atoms with Gasteiger partial charge in [-0.15, -0.1) is 22.7 Å². The average Bonchev–Trinajstić information content (AvgIpc) is 3.16. The van der Waals surface area contributed by atoms with E-state index in [1.807, 2.05) is 24.3 Å². The lowest BCUT2D eigenvalue weighted by Crippen LogP contribution is -2.23. The molecule has 1 aromatic carbocycles. The molecule has 0 bridgehead atoms. The summed E-state index contributed by atoms with van der Waals surface area (Å²) in [5, 5.41) is 3.19. The van der Waals surface area contributed by atoms with E-state index in [0.29, 0.717) is 13.0 Å². The molecule has 0 radical (unpaired) electrons. The zero-order valence-corrected chi connectivity index (χ0v) is 15.7. The molecular weight excluding hydrogens is 360 g/mol. The monoisotopic (exact) mass is 378 g/mol. The molecule has 0 atom stereocenters. The van der Waals surface area contributed by atoms with E-state index in [2.05, 4.69) is 28.3 Å². The van der Waals surface area contributed by atoms with Crippen LogP contribution in [0.5, 0.6) is 0 Å². The van der Waals surface area contributed by atoms with Crippen LogP contribution in [0.15, 0.2) is 47.8 Å². The average molecular weight is 379 g/mol. The molecule has 4 nitrogen and oxygen atoms in total. The van der Waals surface area contributed by atoms with Crippen molar-refractivity contribution in [1.29, 1.82) is 0 Å². The van der Waals surface area contributed by atoms with Crippen molar-refractivity contribution in [2.24, 2.45) is 0 Å². The number of rotatable bonds is 7. The summed E-state index contributed by atoms with van der Waals surface area (Å²) in [6.07, 6.45) is 2.72. The molecule has 7 heteroatoms. The van der Waals surface area contributed by atoms with E-state index < -0.39 is 10.0 Å². The van der Waals surface area contributed by atoms with Crippen molar-refractivity contribution in [3.63, 3.8) is 0 Å². The minimum Gasteiger partial charge on any atom is -0.240 e. The second kappa shape index (κ2) is 7.57. The molecule has 1 N–H and O–H groups in total. The highest BCUT2D eigenvalue weighted by Gasteiger charge is 2.09. The van der Waals surface area contributed by atoms with Crippen LogP contribution in [0.1, 0.15) is 15.4 Å². The molecule has 3 rings (SSSR count). The molecule has 2 aromatic heterocycles. The van der Waals surface area contributed by atoms with Crippen molar-refractivity contribution < 1.29 is 8.42 Å². The summed E-state index contributed by atoms with van der Waals surface area (Å²) < 4.78 is 24.7. The van der Waals surface area contributed by atoms with Crippen molar-refractivity contribution in [3.05, 3.63) is 63.3 Å². The maximum atomic E-state index is 11.1. The first-order valence-corrected chi connectivity index (χ1v) is 11.1. The van der Waals surface area contributed by atoms with Crippen LogP contribution in [-0.4, -0.2) is 26.2 Å². The first kappa shape index (κ1) is 17.3. The van der Waals surface area contributed by atoms with Gasteiger partial charge in [-0.2, -0.15) is 0 Å². The smallest absolute Gasteiger partial charge is 0.208 e. The van der Waals surface area contributed by atoms with Gasteiger partial charge < -0.3 is 0 Å². The van der Waals surface area contributed by atoms with Gasteiger partial charge in [0.25, 0.3) is 0 Å². The Morgan fingerprint density at radius 2 is 1.92 bits per heavy atom. The van der Waals surface area contributed by atoms with E-state index in [-0.39, 0.29) is 0 Å². The second-order valence-electron chi connectivity index (χ2n) is 5.47. The number of sulfonamides is 1. The van der Waals surface area contributed by atoms with Crippen LogP contribution >= 0.6 is 22.7 Å². The number of thiophene rings is 1. The maximum Gasteiger partial charge on any atom is 0.208 e. The predicted molar refractivity (Wildman–Crippen MR) is 101 cm³/mol. The van der Waals surface area contributed by atoms with Crippen molar-refractivity contribution in [2.75, 3.05) is 12.8 Å². The van der Waals surface area contributed by atoms with Crippen LogP contribution < -0.4 is 4.72 Å². The molecule has 0 aliphatic heterocycles. The van der Waals surface area contributed by atoms with E-state index in [4.69, 9.17) is 4.98 Å². The Morgan fingerprint density at radius 3 is 2.67 bits per heavy atom. The molecule has 0 unspecified atom stereocenters. The first-order valence-electron chi connectivity index (χ1n) is 7.52. The van der Waals surface area contributed by atoms with Crippen molar-refractivity contribution in [3.8, 4) is 10.6 Å². The molecule has 0 saturated carbocycles. The Hall–Kier alpha value is -1.54. The molecule has 0 saturated heterocycles. The summed E-state index contributed by atoms with van der Waals surface area (Å²) in [6.45, 7) is 0.426. The summed E-state index contributed by atoms with van der Waals surface area (Å²) in [5.74, 6) is 0. The number of hydrogen-bond donors (Lipinski definition) is 1. The number of nitrogens with zero attached hydrogens (tertiary/aromatic N) is 1. The highest BCUT2D eigenvalue weighted by molar-refractivity contribution is 7.88. The van der Waals surface area contributed by atoms with Crippen LogP contribution in [-0.2, 0) is 22.9 Å². The van der Waals surface area contributed by atoms with E-state index in [0.717, 1.165) is 26.9 Å².